The van der Waals surface area contributed by atoms with Gasteiger partial charge >= 0.3 is 0 Å². The number of ether oxygens (including phenoxy) is 1. The number of hydrogen-bond donors (Lipinski definition) is 4. The normalized spacial score (nSPS) is 27.1. The van der Waals surface area contributed by atoms with Crippen LogP contribution in [0.1, 0.15) is 6.23 Å². The lowest BCUT2D eigenvalue weighted by atomic mass is 10.1. The number of anilines is 1. The van der Waals surface area contributed by atoms with Crippen LogP contribution in [0.25, 0.3) is 21.5 Å². The van der Waals surface area contributed by atoms with Gasteiger partial charge < -0.3 is 30.4 Å². The van der Waals surface area contributed by atoms with E-state index in [1.165, 1.54) is 6.33 Å². The molecule has 126 valence electrons. The number of aliphatic hydroxyl groups excluding tert-OH is 3. The summed E-state index contributed by atoms with van der Waals surface area (Å²) in [6.07, 6.45) is -0.975. The second-order valence-electron chi connectivity index (χ2n) is 5.61. The maximum atomic E-state index is 10.3. The second-order valence-corrected chi connectivity index (χ2v) is 6.56. The Morgan fingerprint density at radius 1 is 1.29 bits per heavy atom. The average Bonchev–Trinajstić information content (AvgIpc) is 3.28. The molecule has 0 aliphatic carbocycles. The Kier molecular flexibility index (Phi) is 3.74. The number of aliphatic hydroxyl groups is 3. The summed E-state index contributed by atoms with van der Waals surface area (Å²) in [5, 5.41) is 32.2. The lowest BCUT2D eigenvalue weighted by molar-refractivity contribution is -0.0508. The van der Waals surface area contributed by atoms with Crippen molar-refractivity contribution in [2.75, 3.05) is 12.3 Å². The van der Waals surface area contributed by atoms with Gasteiger partial charge in [0.25, 0.3) is 0 Å². The number of rotatable bonds is 3. The van der Waals surface area contributed by atoms with Crippen molar-refractivity contribution in [2.45, 2.75) is 24.5 Å². The van der Waals surface area contributed by atoms with Gasteiger partial charge in [0.05, 0.1) is 12.0 Å². The minimum atomic E-state index is -1.19. The lowest BCUT2D eigenvalue weighted by Crippen LogP contribution is -2.33. The Balaban J connectivity index is 1.90. The Morgan fingerprint density at radius 3 is 2.79 bits per heavy atom. The smallest absolute Gasteiger partial charge is 0.164 e. The van der Waals surface area contributed by atoms with Crippen LogP contribution >= 0.6 is 11.3 Å². The van der Waals surface area contributed by atoms with Gasteiger partial charge in [-0.25, -0.2) is 9.97 Å². The maximum Gasteiger partial charge on any atom is 0.164 e. The van der Waals surface area contributed by atoms with Crippen LogP contribution in [0, 0.1) is 0 Å². The molecular weight excluding hydrogens is 332 g/mol. The van der Waals surface area contributed by atoms with E-state index in [1.807, 2.05) is 17.5 Å². The third-order valence-corrected chi connectivity index (χ3v) is 5.12. The third kappa shape index (κ3) is 2.21. The number of aromatic nitrogens is 3. The fourth-order valence-electron chi connectivity index (χ4n) is 3.03. The Labute approximate surface area is 140 Å². The summed E-state index contributed by atoms with van der Waals surface area (Å²) in [7, 11) is 0. The summed E-state index contributed by atoms with van der Waals surface area (Å²) < 4.78 is 7.25. The first-order valence-corrected chi connectivity index (χ1v) is 8.27. The highest BCUT2D eigenvalue weighted by molar-refractivity contribution is 7.13. The number of nitrogens with two attached hydrogens (primary N) is 1. The number of nitrogen functional groups attached to an aromatic ring is 1. The molecule has 0 radical (unpaired) electrons. The maximum absolute atomic E-state index is 10.3. The van der Waals surface area contributed by atoms with Crippen LogP contribution in [0.5, 0.6) is 0 Å². The predicted octanol–water partition coefficient (Wildman–Crippen LogP) is 0.353. The minimum Gasteiger partial charge on any atom is -0.394 e. The Morgan fingerprint density at radius 2 is 2.12 bits per heavy atom. The molecule has 0 aromatic carbocycles. The van der Waals surface area contributed by atoms with Gasteiger partial charge in [-0.3, -0.25) is 0 Å². The van der Waals surface area contributed by atoms with Crippen molar-refractivity contribution in [3.8, 4) is 10.4 Å². The Hall–Kier alpha value is -2.04. The van der Waals surface area contributed by atoms with Gasteiger partial charge in [0.2, 0.25) is 0 Å². The number of fused-ring (bicyclic) bond motifs is 1. The molecule has 3 aromatic heterocycles. The van der Waals surface area contributed by atoms with E-state index in [1.54, 1.807) is 22.1 Å². The van der Waals surface area contributed by atoms with Crippen LogP contribution in [-0.2, 0) is 4.74 Å². The van der Waals surface area contributed by atoms with E-state index in [0.29, 0.717) is 16.9 Å². The molecule has 0 saturated carbocycles. The standard InChI is InChI=1S/C15H16N4O4S/c16-13-10-7(9-2-1-3-24-9)4-19(14(10)18-6-17-13)15-12(22)11(21)8(5-20)23-15/h1-4,6,8,11-12,15,20-22H,5H2,(H2,16,17,18)/t8-,11?,12?,15-/m1/s1. The summed E-state index contributed by atoms with van der Waals surface area (Å²) in [6.45, 7) is -0.386. The molecule has 5 N–H and O–H groups in total. The zero-order valence-electron chi connectivity index (χ0n) is 12.5. The molecule has 9 heteroatoms. The molecule has 1 saturated heterocycles. The summed E-state index contributed by atoms with van der Waals surface area (Å²) in [5.74, 6) is 0.328. The van der Waals surface area contributed by atoms with E-state index in [2.05, 4.69) is 9.97 Å². The van der Waals surface area contributed by atoms with Gasteiger partial charge in [0.15, 0.2) is 6.23 Å². The number of nitrogens with zero attached hydrogens (tertiary/aromatic N) is 3. The summed E-state index contributed by atoms with van der Waals surface area (Å²) in [6, 6.07) is 3.88. The second kappa shape index (κ2) is 5.80. The van der Waals surface area contributed by atoms with Crippen molar-refractivity contribution in [1.82, 2.24) is 14.5 Å². The predicted molar refractivity (Wildman–Crippen MR) is 88.3 cm³/mol. The monoisotopic (exact) mass is 348 g/mol. The van der Waals surface area contributed by atoms with Crippen molar-refractivity contribution in [3.05, 3.63) is 30.0 Å². The zero-order valence-corrected chi connectivity index (χ0v) is 13.3. The van der Waals surface area contributed by atoms with Crippen LogP contribution in [0.4, 0.5) is 5.82 Å². The molecule has 0 spiro atoms. The Bertz CT molecular complexity index is 866. The highest BCUT2D eigenvalue weighted by atomic mass is 32.1. The van der Waals surface area contributed by atoms with Gasteiger partial charge in [-0.05, 0) is 11.4 Å². The van der Waals surface area contributed by atoms with E-state index < -0.39 is 24.5 Å². The quantitative estimate of drug-likeness (QED) is 0.538. The number of hydrogen-bond acceptors (Lipinski definition) is 8. The average molecular weight is 348 g/mol. The number of thiophene rings is 1. The molecule has 0 bridgehead atoms. The van der Waals surface area contributed by atoms with Gasteiger partial charge in [-0.1, -0.05) is 6.07 Å². The SMILES string of the molecule is Nc1ncnc2c1c(-c1cccs1)cn2[C@@H]1O[C@H](CO)C(O)C1O. The summed E-state index contributed by atoms with van der Waals surface area (Å²) in [5.41, 5.74) is 7.37. The van der Waals surface area contributed by atoms with Crippen LogP contribution in [0.2, 0.25) is 0 Å². The minimum absolute atomic E-state index is 0.328. The zero-order chi connectivity index (χ0) is 16.8. The van der Waals surface area contributed by atoms with Crippen molar-refractivity contribution in [3.63, 3.8) is 0 Å². The van der Waals surface area contributed by atoms with Crippen molar-refractivity contribution < 1.29 is 20.1 Å². The highest BCUT2D eigenvalue weighted by Crippen LogP contribution is 2.39. The summed E-state index contributed by atoms with van der Waals surface area (Å²) in [4.78, 5) is 9.30. The lowest BCUT2D eigenvalue weighted by Gasteiger charge is -2.17. The van der Waals surface area contributed by atoms with Crippen LogP contribution < -0.4 is 5.73 Å². The molecule has 1 aliphatic heterocycles. The van der Waals surface area contributed by atoms with Crippen molar-refractivity contribution >= 4 is 28.2 Å². The van der Waals surface area contributed by atoms with Gasteiger partial charge in [-0.15, -0.1) is 11.3 Å². The first-order valence-electron chi connectivity index (χ1n) is 7.39. The van der Waals surface area contributed by atoms with Gasteiger partial charge in [0, 0.05) is 16.6 Å². The van der Waals surface area contributed by atoms with Crippen molar-refractivity contribution in [2.24, 2.45) is 0 Å². The van der Waals surface area contributed by atoms with Crippen LogP contribution in [0.15, 0.2) is 30.0 Å². The van der Waals surface area contributed by atoms with Crippen molar-refractivity contribution in [1.29, 1.82) is 0 Å². The molecule has 8 nitrogen and oxygen atoms in total. The molecule has 4 atom stereocenters. The van der Waals surface area contributed by atoms with E-state index in [0.717, 1.165) is 10.4 Å². The van der Waals surface area contributed by atoms with E-state index >= 15 is 0 Å². The first kappa shape index (κ1) is 15.5. The topological polar surface area (TPSA) is 127 Å². The fraction of sp³-hybridized carbons (Fsp3) is 0.333. The largest absolute Gasteiger partial charge is 0.394 e. The molecule has 4 rings (SSSR count). The molecule has 0 amide bonds. The van der Waals surface area contributed by atoms with Crippen LogP contribution in [-0.4, -0.2) is 54.8 Å². The third-order valence-electron chi connectivity index (χ3n) is 4.22. The van der Waals surface area contributed by atoms with E-state index in [9.17, 15) is 15.3 Å². The molecular formula is C15H16N4O4S. The molecule has 3 aromatic rings. The van der Waals surface area contributed by atoms with Crippen LogP contribution in [0.3, 0.4) is 0 Å². The molecule has 2 unspecified atom stereocenters. The van der Waals surface area contributed by atoms with Gasteiger partial charge in [-0.2, -0.15) is 0 Å². The first-order chi connectivity index (χ1) is 11.6. The van der Waals surface area contributed by atoms with Gasteiger partial charge in [0.1, 0.15) is 36.1 Å². The molecule has 1 aliphatic rings. The highest BCUT2D eigenvalue weighted by Gasteiger charge is 2.44. The van der Waals surface area contributed by atoms with E-state index in [4.69, 9.17) is 10.5 Å². The molecule has 1 fully saturated rings. The molecule has 4 heterocycles. The van der Waals surface area contributed by atoms with E-state index in [-0.39, 0.29) is 6.61 Å². The summed E-state index contributed by atoms with van der Waals surface area (Å²) >= 11 is 1.54. The fourth-order valence-corrected chi connectivity index (χ4v) is 3.77. The molecule has 24 heavy (non-hydrogen) atoms.